The molecule has 0 aliphatic rings. The summed E-state index contributed by atoms with van der Waals surface area (Å²) in [4.78, 5) is 16.6. The Morgan fingerprint density at radius 2 is 2.05 bits per heavy atom. The van der Waals surface area contributed by atoms with Crippen LogP contribution in [0, 0.1) is 13.8 Å². The van der Waals surface area contributed by atoms with E-state index in [0.717, 1.165) is 17.9 Å². The van der Waals surface area contributed by atoms with Crippen molar-refractivity contribution in [1.29, 1.82) is 0 Å². The minimum atomic E-state index is 0.220. The summed E-state index contributed by atoms with van der Waals surface area (Å²) in [6.07, 6.45) is 0.859. The third kappa shape index (κ3) is 3.58. The van der Waals surface area contributed by atoms with Crippen molar-refractivity contribution in [2.75, 3.05) is 12.0 Å². The first-order chi connectivity index (χ1) is 9.62. The topological polar surface area (TPSA) is 112 Å². The molecule has 0 unspecified atom stereocenters. The quantitative estimate of drug-likeness (QED) is 0.607. The van der Waals surface area contributed by atoms with Gasteiger partial charge in [0.2, 0.25) is 11.1 Å². The summed E-state index contributed by atoms with van der Waals surface area (Å²) >= 11 is 1.18. The van der Waals surface area contributed by atoms with Crippen LogP contribution in [0.4, 0.5) is 5.95 Å². The summed E-state index contributed by atoms with van der Waals surface area (Å²) in [6, 6.07) is 0.220. The van der Waals surface area contributed by atoms with E-state index < -0.39 is 0 Å². The number of hydrogen-bond donors (Lipinski definition) is 2. The third-order valence-corrected chi connectivity index (χ3v) is 3.06. The lowest BCUT2D eigenvalue weighted by molar-refractivity contribution is 0.288. The molecule has 2 aromatic heterocycles. The molecule has 0 aliphatic carbocycles. The van der Waals surface area contributed by atoms with Crippen LogP contribution in [-0.2, 0) is 0 Å². The van der Waals surface area contributed by atoms with Gasteiger partial charge in [-0.2, -0.15) is 15.0 Å². The molecule has 0 amide bonds. The molecule has 0 fully saturated rings. The molecule has 8 nitrogen and oxygen atoms in total. The molecule has 20 heavy (non-hydrogen) atoms. The van der Waals surface area contributed by atoms with Crippen LogP contribution in [-0.4, -0.2) is 26.5 Å². The van der Waals surface area contributed by atoms with Crippen molar-refractivity contribution >= 4 is 17.7 Å². The Morgan fingerprint density at radius 3 is 2.65 bits per heavy atom. The van der Waals surface area contributed by atoms with Crippen molar-refractivity contribution in [3.63, 3.8) is 0 Å². The number of aryl methyl sites for hydroxylation is 2. The van der Waals surface area contributed by atoms with Crippen LogP contribution >= 0.6 is 11.8 Å². The largest absolute Gasteiger partial charge is 0.463 e. The summed E-state index contributed by atoms with van der Waals surface area (Å²) in [6.45, 7) is 6.24. The predicted molar refractivity (Wildman–Crippen MR) is 73.5 cm³/mol. The first-order valence-electron chi connectivity index (χ1n) is 6.09. The number of oxazole rings is 1. The second kappa shape index (κ2) is 6.53. The number of nitrogens with zero attached hydrogens (tertiary/aromatic N) is 4. The van der Waals surface area contributed by atoms with Gasteiger partial charge in [-0.05, 0) is 20.3 Å². The maximum absolute atomic E-state index is 5.47. The number of rotatable bonds is 6. The Hall–Kier alpha value is -1.87. The van der Waals surface area contributed by atoms with Crippen molar-refractivity contribution in [3.8, 4) is 6.01 Å². The van der Waals surface area contributed by atoms with Gasteiger partial charge in [-0.25, -0.2) is 10.8 Å². The summed E-state index contributed by atoms with van der Waals surface area (Å²) < 4.78 is 10.9. The molecule has 0 atom stereocenters. The van der Waals surface area contributed by atoms with Gasteiger partial charge in [0.25, 0.3) is 5.22 Å². The van der Waals surface area contributed by atoms with Gasteiger partial charge in [-0.15, -0.1) is 0 Å². The lowest BCUT2D eigenvalue weighted by Gasteiger charge is -2.05. The van der Waals surface area contributed by atoms with Crippen molar-refractivity contribution in [2.24, 2.45) is 5.84 Å². The van der Waals surface area contributed by atoms with E-state index in [1.54, 1.807) is 0 Å². The first kappa shape index (κ1) is 14.5. The standard InChI is InChI=1S/C11H16N6O2S/c1-4-5-18-9-14-8(17-12)15-10(16-9)20-11-13-6(2)7(3)19-11/h4-5,12H2,1-3H3,(H,14,15,16,17). The lowest BCUT2D eigenvalue weighted by Crippen LogP contribution is -2.13. The van der Waals surface area contributed by atoms with Crippen molar-refractivity contribution in [1.82, 2.24) is 19.9 Å². The Morgan fingerprint density at radius 1 is 1.25 bits per heavy atom. The lowest BCUT2D eigenvalue weighted by atomic mass is 10.4. The molecule has 2 rings (SSSR count). The molecule has 0 radical (unpaired) electrons. The van der Waals surface area contributed by atoms with Gasteiger partial charge in [0.05, 0.1) is 12.3 Å². The maximum Gasteiger partial charge on any atom is 0.322 e. The van der Waals surface area contributed by atoms with Gasteiger partial charge in [0.15, 0.2) is 0 Å². The molecule has 0 saturated carbocycles. The third-order valence-electron chi connectivity index (χ3n) is 2.35. The van der Waals surface area contributed by atoms with E-state index in [1.807, 2.05) is 20.8 Å². The smallest absolute Gasteiger partial charge is 0.322 e. The maximum atomic E-state index is 5.47. The zero-order valence-electron chi connectivity index (χ0n) is 11.5. The average Bonchev–Trinajstić information content (AvgIpc) is 2.74. The molecule has 0 aliphatic heterocycles. The molecule has 0 bridgehead atoms. The number of aromatic nitrogens is 4. The first-order valence-corrected chi connectivity index (χ1v) is 6.91. The Kier molecular flexibility index (Phi) is 4.74. The zero-order chi connectivity index (χ0) is 14.5. The highest BCUT2D eigenvalue weighted by atomic mass is 32.2. The summed E-state index contributed by atoms with van der Waals surface area (Å²) in [5, 5.41) is 0.871. The van der Waals surface area contributed by atoms with Gasteiger partial charge in [-0.1, -0.05) is 6.92 Å². The molecule has 0 aromatic carbocycles. The Bertz CT molecular complexity index is 569. The monoisotopic (exact) mass is 296 g/mol. The number of anilines is 1. The van der Waals surface area contributed by atoms with E-state index in [1.165, 1.54) is 11.8 Å². The predicted octanol–water partition coefficient (Wildman–Crippen LogP) is 1.70. The van der Waals surface area contributed by atoms with Gasteiger partial charge in [0, 0.05) is 11.8 Å². The summed E-state index contributed by atoms with van der Waals surface area (Å²) in [5.74, 6) is 6.33. The molecule has 2 heterocycles. The fourth-order valence-corrected chi connectivity index (χ4v) is 2.03. The van der Waals surface area contributed by atoms with E-state index in [4.69, 9.17) is 15.0 Å². The molecule has 3 N–H and O–H groups in total. The molecule has 108 valence electrons. The minimum absolute atomic E-state index is 0.220. The van der Waals surface area contributed by atoms with Crippen LogP contribution in [0.1, 0.15) is 24.8 Å². The Labute approximate surface area is 120 Å². The number of nitrogens with two attached hydrogens (primary N) is 1. The van der Waals surface area contributed by atoms with Crippen molar-refractivity contribution in [3.05, 3.63) is 11.5 Å². The number of nitrogens with one attached hydrogen (secondary N) is 1. The normalized spacial score (nSPS) is 10.6. The molecular weight excluding hydrogens is 280 g/mol. The minimum Gasteiger partial charge on any atom is -0.463 e. The molecular formula is C11H16N6O2S. The Balaban J connectivity index is 2.21. The number of nitrogen functional groups attached to an aromatic ring is 1. The van der Waals surface area contributed by atoms with E-state index in [-0.39, 0.29) is 12.0 Å². The highest BCUT2D eigenvalue weighted by Gasteiger charge is 2.13. The van der Waals surface area contributed by atoms with Gasteiger partial charge >= 0.3 is 6.01 Å². The summed E-state index contributed by atoms with van der Waals surface area (Å²) in [5.41, 5.74) is 3.21. The van der Waals surface area contributed by atoms with Crippen molar-refractivity contribution in [2.45, 2.75) is 37.6 Å². The number of ether oxygens (including phenoxy) is 1. The second-order valence-corrected chi connectivity index (χ2v) is 4.86. The van der Waals surface area contributed by atoms with Crippen molar-refractivity contribution < 1.29 is 9.15 Å². The SMILES string of the molecule is CCCOc1nc(NN)nc(Sc2nc(C)c(C)o2)n1. The van der Waals surface area contributed by atoms with E-state index in [0.29, 0.717) is 17.0 Å². The van der Waals surface area contributed by atoms with Gasteiger partial charge in [-0.3, -0.25) is 5.43 Å². The summed E-state index contributed by atoms with van der Waals surface area (Å²) in [7, 11) is 0. The number of hydrogen-bond acceptors (Lipinski definition) is 9. The highest BCUT2D eigenvalue weighted by molar-refractivity contribution is 7.98. The molecule has 9 heteroatoms. The van der Waals surface area contributed by atoms with Crippen LogP contribution in [0.3, 0.4) is 0 Å². The van der Waals surface area contributed by atoms with Gasteiger partial charge in [0.1, 0.15) is 5.76 Å². The zero-order valence-corrected chi connectivity index (χ0v) is 12.3. The van der Waals surface area contributed by atoms with Crippen LogP contribution in [0.15, 0.2) is 14.8 Å². The fourth-order valence-electron chi connectivity index (χ4n) is 1.27. The van der Waals surface area contributed by atoms with Gasteiger partial charge < -0.3 is 9.15 Å². The molecule has 2 aromatic rings. The van der Waals surface area contributed by atoms with Crippen LogP contribution in [0.25, 0.3) is 0 Å². The van der Waals surface area contributed by atoms with E-state index >= 15 is 0 Å². The molecule has 0 saturated heterocycles. The van der Waals surface area contributed by atoms with E-state index in [2.05, 4.69) is 25.4 Å². The van der Waals surface area contributed by atoms with Crippen LogP contribution in [0.2, 0.25) is 0 Å². The highest BCUT2D eigenvalue weighted by Crippen LogP contribution is 2.27. The van der Waals surface area contributed by atoms with Crippen LogP contribution < -0.4 is 16.0 Å². The number of hydrazine groups is 1. The molecule has 0 spiro atoms. The van der Waals surface area contributed by atoms with Crippen LogP contribution in [0.5, 0.6) is 6.01 Å². The van der Waals surface area contributed by atoms with E-state index in [9.17, 15) is 0 Å². The fraction of sp³-hybridized carbons (Fsp3) is 0.455. The second-order valence-electron chi connectivity index (χ2n) is 3.94. The average molecular weight is 296 g/mol.